The molecular formula is C12H15NO. The molecule has 14 heavy (non-hydrogen) atoms. The molecule has 0 bridgehead atoms. The zero-order valence-corrected chi connectivity index (χ0v) is 8.59. The summed E-state index contributed by atoms with van der Waals surface area (Å²) in [5.41, 5.74) is 9.67. The van der Waals surface area contributed by atoms with E-state index in [0.717, 1.165) is 22.4 Å². The molecule has 3 N–H and O–H groups in total. The van der Waals surface area contributed by atoms with Gasteiger partial charge in [-0.25, -0.2) is 0 Å². The summed E-state index contributed by atoms with van der Waals surface area (Å²) in [5, 5.41) is 8.59. The van der Waals surface area contributed by atoms with E-state index in [9.17, 15) is 0 Å². The van der Waals surface area contributed by atoms with Crippen molar-refractivity contribution in [2.24, 2.45) is 0 Å². The van der Waals surface area contributed by atoms with Crippen molar-refractivity contribution in [2.45, 2.75) is 20.3 Å². The fourth-order valence-corrected chi connectivity index (χ4v) is 1.30. The van der Waals surface area contributed by atoms with Crippen LogP contribution in [0, 0.1) is 25.7 Å². The maximum absolute atomic E-state index is 8.59. The van der Waals surface area contributed by atoms with E-state index in [2.05, 4.69) is 11.8 Å². The number of nitrogens with two attached hydrogens (primary N) is 1. The first-order valence-electron chi connectivity index (χ1n) is 4.61. The number of nitrogen functional groups attached to an aromatic ring is 1. The highest BCUT2D eigenvalue weighted by Gasteiger charge is 1.99. The minimum absolute atomic E-state index is 0.0949. The lowest BCUT2D eigenvalue weighted by atomic mass is 10.0. The normalized spacial score (nSPS) is 9.36. The van der Waals surface area contributed by atoms with Crippen LogP contribution in [0.2, 0.25) is 0 Å². The molecule has 0 unspecified atom stereocenters. The number of aliphatic hydroxyl groups excluding tert-OH is 1. The maximum Gasteiger partial charge on any atom is 0.0540 e. The Hall–Kier alpha value is -1.46. The Kier molecular flexibility index (Phi) is 3.55. The zero-order valence-electron chi connectivity index (χ0n) is 8.59. The van der Waals surface area contributed by atoms with Crippen LogP contribution in [0.25, 0.3) is 0 Å². The van der Waals surface area contributed by atoms with Crippen molar-refractivity contribution in [3.63, 3.8) is 0 Å². The van der Waals surface area contributed by atoms with Crippen LogP contribution in [0.1, 0.15) is 23.1 Å². The number of anilines is 1. The van der Waals surface area contributed by atoms with Gasteiger partial charge in [-0.1, -0.05) is 17.9 Å². The lowest BCUT2D eigenvalue weighted by Gasteiger charge is -2.04. The Morgan fingerprint density at radius 2 is 2.07 bits per heavy atom. The molecule has 0 saturated carbocycles. The van der Waals surface area contributed by atoms with Gasteiger partial charge in [0.05, 0.1) is 12.3 Å². The van der Waals surface area contributed by atoms with Crippen LogP contribution in [0.5, 0.6) is 0 Å². The highest BCUT2D eigenvalue weighted by atomic mass is 16.2. The molecule has 0 fully saturated rings. The molecule has 0 aliphatic heterocycles. The Bertz CT molecular complexity index is 385. The van der Waals surface area contributed by atoms with Crippen molar-refractivity contribution in [1.29, 1.82) is 0 Å². The molecule has 0 aromatic heterocycles. The third-order valence-electron chi connectivity index (χ3n) is 1.99. The van der Waals surface area contributed by atoms with Crippen LogP contribution < -0.4 is 5.73 Å². The Morgan fingerprint density at radius 3 is 2.71 bits per heavy atom. The van der Waals surface area contributed by atoms with Gasteiger partial charge in [0.15, 0.2) is 0 Å². The third kappa shape index (κ3) is 2.51. The van der Waals surface area contributed by atoms with E-state index in [4.69, 9.17) is 10.8 Å². The van der Waals surface area contributed by atoms with Gasteiger partial charge in [-0.2, -0.15) is 0 Å². The third-order valence-corrected chi connectivity index (χ3v) is 1.99. The predicted octanol–water partition coefficient (Wildman–Crippen LogP) is 1.62. The SMILES string of the molecule is Cc1cc(C)c(N)c(C#CCCO)c1. The number of hydrogen-bond acceptors (Lipinski definition) is 2. The number of hydrogen-bond donors (Lipinski definition) is 2. The lowest BCUT2D eigenvalue weighted by molar-refractivity contribution is 0.305. The minimum atomic E-state index is 0.0949. The van der Waals surface area contributed by atoms with Gasteiger partial charge < -0.3 is 10.8 Å². The van der Waals surface area contributed by atoms with E-state index < -0.39 is 0 Å². The molecule has 2 heteroatoms. The number of aliphatic hydroxyl groups is 1. The van der Waals surface area contributed by atoms with Crippen molar-refractivity contribution in [3.8, 4) is 11.8 Å². The van der Waals surface area contributed by atoms with Crippen LogP contribution >= 0.6 is 0 Å². The molecule has 0 heterocycles. The van der Waals surface area contributed by atoms with E-state index in [1.807, 2.05) is 26.0 Å². The van der Waals surface area contributed by atoms with Crippen molar-refractivity contribution in [1.82, 2.24) is 0 Å². The smallest absolute Gasteiger partial charge is 0.0540 e. The number of benzene rings is 1. The highest BCUT2D eigenvalue weighted by molar-refractivity contribution is 5.61. The van der Waals surface area contributed by atoms with E-state index in [1.165, 1.54) is 0 Å². The van der Waals surface area contributed by atoms with Crippen molar-refractivity contribution >= 4 is 5.69 Å². The first-order chi connectivity index (χ1) is 6.65. The summed E-state index contributed by atoms with van der Waals surface area (Å²) in [4.78, 5) is 0. The summed E-state index contributed by atoms with van der Waals surface area (Å²) in [7, 11) is 0. The standard InChI is InChI=1S/C12H15NO/c1-9-7-10(2)12(13)11(8-9)5-3-4-6-14/h7-8,14H,4,6,13H2,1-2H3. The van der Waals surface area contributed by atoms with Crippen LogP contribution in [-0.2, 0) is 0 Å². The Balaban J connectivity index is 3.04. The summed E-state index contributed by atoms with van der Waals surface area (Å²) in [6, 6.07) is 4.00. The quantitative estimate of drug-likeness (QED) is 0.521. The summed E-state index contributed by atoms with van der Waals surface area (Å²) in [6.45, 7) is 4.08. The maximum atomic E-state index is 8.59. The summed E-state index contributed by atoms with van der Waals surface area (Å²) >= 11 is 0. The van der Waals surface area contributed by atoms with Gasteiger partial charge in [0, 0.05) is 12.0 Å². The fourth-order valence-electron chi connectivity index (χ4n) is 1.30. The topological polar surface area (TPSA) is 46.2 Å². The minimum Gasteiger partial charge on any atom is -0.398 e. The van der Waals surface area contributed by atoms with Gasteiger partial charge in [-0.3, -0.25) is 0 Å². The molecule has 0 saturated heterocycles. The molecule has 0 aliphatic rings. The molecule has 0 aliphatic carbocycles. The second-order valence-electron chi connectivity index (χ2n) is 3.32. The first-order valence-corrected chi connectivity index (χ1v) is 4.61. The molecule has 74 valence electrons. The molecule has 0 radical (unpaired) electrons. The Labute approximate surface area is 84.8 Å². The largest absolute Gasteiger partial charge is 0.398 e. The summed E-state index contributed by atoms with van der Waals surface area (Å²) in [5.74, 6) is 5.83. The predicted molar refractivity (Wildman–Crippen MR) is 58.9 cm³/mol. The van der Waals surface area contributed by atoms with E-state index in [1.54, 1.807) is 0 Å². The molecule has 1 aromatic rings. The van der Waals surface area contributed by atoms with Crippen LogP contribution in [-0.4, -0.2) is 11.7 Å². The molecule has 0 spiro atoms. The lowest BCUT2D eigenvalue weighted by Crippen LogP contribution is -1.95. The molecule has 1 aromatic carbocycles. The van der Waals surface area contributed by atoms with Crippen molar-refractivity contribution in [3.05, 3.63) is 28.8 Å². The van der Waals surface area contributed by atoms with Gasteiger partial charge in [0.1, 0.15) is 0 Å². The average Bonchev–Trinajstić information content (AvgIpc) is 2.13. The van der Waals surface area contributed by atoms with E-state index >= 15 is 0 Å². The van der Waals surface area contributed by atoms with Gasteiger partial charge >= 0.3 is 0 Å². The van der Waals surface area contributed by atoms with Gasteiger partial charge in [0.25, 0.3) is 0 Å². The second-order valence-corrected chi connectivity index (χ2v) is 3.32. The van der Waals surface area contributed by atoms with Gasteiger partial charge in [-0.15, -0.1) is 0 Å². The van der Waals surface area contributed by atoms with Crippen LogP contribution in [0.4, 0.5) is 5.69 Å². The van der Waals surface area contributed by atoms with Crippen molar-refractivity contribution < 1.29 is 5.11 Å². The fraction of sp³-hybridized carbons (Fsp3) is 0.333. The molecule has 0 atom stereocenters. The van der Waals surface area contributed by atoms with Crippen LogP contribution in [0.15, 0.2) is 12.1 Å². The first kappa shape index (κ1) is 10.6. The molecule has 0 amide bonds. The monoisotopic (exact) mass is 189 g/mol. The Morgan fingerprint density at radius 1 is 1.36 bits per heavy atom. The van der Waals surface area contributed by atoms with E-state index in [0.29, 0.717) is 6.42 Å². The number of rotatable bonds is 1. The number of aryl methyl sites for hydroxylation is 2. The zero-order chi connectivity index (χ0) is 10.6. The summed E-state index contributed by atoms with van der Waals surface area (Å²) < 4.78 is 0. The molecular weight excluding hydrogens is 174 g/mol. The van der Waals surface area contributed by atoms with Gasteiger partial charge in [-0.05, 0) is 31.0 Å². The second kappa shape index (κ2) is 4.69. The highest BCUT2D eigenvalue weighted by Crippen LogP contribution is 2.18. The molecule has 2 nitrogen and oxygen atoms in total. The summed E-state index contributed by atoms with van der Waals surface area (Å²) in [6.07, 6.45) is 0.492. The van der Waals surface area contributed by atoms with Crippen molar-refractivity contribution in [2.75, 3.05) is 12.3 Å². The molecule has 1 rings (SSSR count). The van der Waals surface area contributed by atoms with Crippen LogP contribution in [0.3, 0.4) is 0 Å². The van der Waals surface area contributed by atoms with Gasteiger partial charge in [0.2, 0.25) is 0 Å². The average molecular weight is 189 g/mol. The van der Waals surface area contributed by atoms with E-state index in [-0.39, 0.29) is 6.61 Å².